The number of hydrogen-bond donors (Lipinski definition) is 2. The number of halogens is 1. The molecule has 1 fully saturated rings. The van der Waals surface area contributed by atoms with Crippen LogP contribution >= 0.6 is 0 Å². The summed E-state index contributed by atoms with van der Waals surface area (Å²) in [6.45, 7) is 2.13. The maximum absolute atomic E-state index is 13.8. The Hall–Kier alpha value is -3.35. The maximum atomic E-state index is 13.8. The van der Waals surface area contributed by atoms with Crippen LogP contribution in [0.4, 0.5) is 10.1 Å². The van der Waals surface area contributed by atoms with E-state index < -0.39 is 5.97 Å². The lowest BCUT2D eigenvalue weighted by Gasteiger charge is -2.25. The van der Waals surface area contributed by atoms with Crippen molar-refractivity contribution < 1.29 is 23.5 Å². The molecule has 1 amide bonds. The second-order valence-electron chi connectivity index (χ2n) is 8.85. The van der Waals surface area contributed by atoms with Gasteiger partial charge in [-0.05, 0) is 68.1 Å². The molecule has 2 aromatic carbocycles. The molecule has 1 heterocycles. The number of rotatable bonds is 8. The fraction of sp³-hybridized carbons (Fsp3) is 0.385. The van der Waals surface area contributed by atoms with Gasteiger partial charge in [0.2, 0.25) is 0 Å². The molecule has 1 aromatic heterocycles. The van der Waals surface area contributed by atoms with Crippen molar-refractivity contribution in [3.8, 4) is 0 Å². The number of carbonyl (C=O) groups excluding carboxylic acids is 1. The summed E-state index contributed by atoms with van der Waals surface area (Å²) in [7, 11) is 1.60. The van der Waals surface area contributed by atoms with Crippen molar-refractivity contribution in [1.82, 2.24) is 4.90 Å². The number of carboxylic acids is 1. The maximum Gasteiger partial charge on any atom is 0.305 e. The summed E-state index contributed by atoms with van der Waals surface area (Å²) in [6.07, 6.45) is 4.44. The molecule has 3 aromatic rings. The lowest BCUT2D eigenvalue weighted by molar-refractivity contribution is -0.137. The molecule has 174 valence electrons. The number of aryl methyl sites for hydroxylation is 1. The van der Waals surface area contributed by atoms with E-state index in [0.717, 1.165) is 35.2 Å². The number of anilines is 1. The number of fused-ring (bicyclic) bond motifs is 1. The predicted octanol–water partition coefficient (Wildman–Crippen LogP) is 5.77. The Balaban J connectivity index is 1.56. The van der Waals surface area contributed by atoms with Crippen LogP contribution in [0.1, 0.15) is 59.8 Å². The molecule has 1 atom stereocenters. The molecule has 6 nitrogen and oxygen atoms in total. The SMILES string of the molecule is Cc1c(C(Nc2ccc(C(=O)N(C)CCC(=O)O)cc2)C2CCCC2)oc2ccc(F)cc12. The minimum atomic E-state index is -0.934. The zero-order valence-electron chi connectivity index (χ0n) is 18.9. The van der Waals surface area contributed by atoms with Crippen molar-refractivity contribution in [3.63, 3.8) is 0 Å². The minimum absolute atomic E-state index is 0.0530. The molecule has 4 rings (SSSR count). The van der Waals surface area contributed by atoms with Gasteiger partial charge < -0.3 is 19.7 Å². The Bertz CT molecular complexity index is 1150. The smallest absolute Gasteiger partial charge is 0.305 e. The second kappa shape index (κ2) is 9.65. The summed E-state index contributed by atoms with van der Waals surface area (Å²) < 4.78 is 20.0. The first-order valence-electron chi connectivity index (χ1n) is 11.4. The molecular formula is C26H29FN2O4. The van der Waals surface area contributed by atoms with Gasteiger partial charge in [-0.3, -0.25) is 9.59 Å². The van der Waals surface area contributed by atoms with E-state index in [-0.39, 0.29) is 30.7 Å². The van der Waals surface area contributed by atoms with E-state index in [9.17, 15) is 14.0 Å². The Morgan fingerprint density at radius 3 is 2.55 bits per heavy atom. The van der Waals surface area contributed by atoms with E-state index in [4.69, 9.17) is 9.52 Å². The zero-order valence-corrected chi connectivity index (χ0v) is 18.9. The first-order valence-corrected chi connectivity index (χ1v) is 11.4. The summed E-state index contributed by atoms with van der Waals surface area (Å²) in [5.41, 5.74) is 2.99. The van der Waals surface area contributed by atoms with Gasteiger partial charge in [-0.15, -0.1) is 0 Å². The molecule has 0 spiro atoms. The first-order chi connectivity index (χ1) is 15.8. The fourth-order valence-corrected chi connectivity index (χ4v) is 4.67. The fourth-order valence-electron chi connectivity index (χ4n) is 4.67. The molecule has 1 unspecified atom stereocenters. The Morgan fingerprint density at radius 1 is 1.18 bits per heavy atom. The van der Waals surface area contributed by atoms with Crippen molar-refractivity contribution in [2.45, 2.75) is 45.1 Å². The van der Waals surface area contributed by atoms with E-state index in [1.165, 1.54) is 29.9 Å². The van der Waals surface area contributed by atoms with Crippen LogP contribution in [0, 0.1) is 18.7 Å². The van der Waals surface area contributed by atoms with Gasteiger partial charge in [-0.25, -0.2) is 4.39 Å². The lowest BCUT2D eigenvalue weighted by Crippen LogP contribution is -2.29. The summed E-state index contributed by atoms with van der Waals surface area (Å²) >= 11 is 0. The van der Waals surface area contributed by atoms with Crippen LogP contribution in [0.3, 0.4) is 0 Å². The summed E-state index contributed by atoms with van der Waals surface area (Å²) in [6, 6.07) is 11.8. The van der Waals surface area contributed by atoms with Gasteiger partial charge in [-0.1, -0.05) is 12.8 Å². The van der Waals surface area contributed by atoms with Crippen molar-refractivity contribution in [3.05, 3.63) is 65.2 Å². The van der Waals surface area contributed by atoms with Crippen molar-refractivity contribution >= 4 is 28.5 Å². The first kappa shape index (κ1) is 22.8. The number of carbonyl (C=O) groups is 2. The lowest BCUT2D eigenvalue weighted by atomic mass is 9.93. The molecule has 0 bridgehead atoms. The highest BCUT2D eigenvalue weighted by atomic mass is 19.1. The van der Waals surface area contributed by atoms with Crippen molar-refractivity contribution in [2.75, 3.05) is 18.9 Å². The molecule has 0 radical (unpaired) electrons. The highest BCUT2D eigenvalue weighted by Crippen LogP contribution is 2.41. The second-order valence-corrected chi connectivity index (χ2v) is 8.85. The van der Waals surface area contributed by atoms with Crippen molar-refractivity contribution in [1.29, 1.82) is 0 Å². The Labute approximate surface area is 192 Å². The van der Waals surface area contributed by atoms with Gasteiger partial charge in [0.05, 0.1) is 12.5 Å². The largest absolute Gasteiger partial charge is 0.481 e. The van der Waals surface area contributed by atoms with Gasteiger partial charge in [0.15, 0.2) is 0 Å². The zero-order chi connectivity index (χ0) is 23.5. The van der Waals surface area contributed by atoms with E-state index >= 15 is 0 Å². The molecule has 0 aliphatic heterocycles. The highest BCUT2D eigenvalue weighted by molar-refractivity contribution is 5.94. The summed E-state index contributed by atoms with van der Waals surface area (Å²) in [5, 5.41) is 13.2. The molecule has 0 saturated heterocycles. The van der Waals surface area contributed by atoms with Crippen LogP contribution in [0.2, 0.25) is 0 Å². The minimum Gasteiger partial charge on any atom is -0.481 e. The number of amides is 1. The molecular weight excluding hydrogens is 423 g/mol. The summed E-state index contributed by atoms with van der Waals surface area (Å²) in [5.74, 6) is -0.202. The molecule has 33 heavy (non-hydrogen) atoms. The van der Waals surface area contributed by atoms with Crippen LogP contribution in [0.5, 0.6) is 0 Å². The van der Waals surface area contributed by atoms with Crippen LogP contribution < -0.4 is 5.32 Å². The predicted molar refractivity (Wildman–Crippen MR) is 125 cm³/mol. The quantitative estimate of drug-likeness (QED) is 0.453. The molecule has 7 heteroatoms. The molecule has 2 N–H and O–H groups in total. The van der Waals surface area contributed by atoms with E-state index in [1.54, 1.807) is 25.2 Å². The van der Waals surface area contributed by atoms with E-state index in [0.29, 0.717) is 17.1 Å². The van der Waals surface area contributed by atoms with Gasteiger partial charge in [0.1, 0.15) is 17.2 Å². The van der Waals surface area contributed by atoms with Crippen LogP contribution in [-0.2, 0) is 4.79 Å². The van der Waals surface area contributed by atoms with E-state index in [2.05, 4.69) is 5.32 Å². The highest BCUT2D eigenvalue weighted by Gasteiger charge is 2.31. The number of furan rings is 1. The van der Waals surface area contributed by atoms with Crippen molar-refractivity contribution in [2.24, 2.45) is 5.92 Å². The Morgan fingerprint density at radius 2 is 1.88 bits per heavy atom. The number of nitrogens with one attached hydrogen (secondary N) is 1. The van der Waals surface area contributed by atoms with Gasteiger partial charge in [0, 0.05) is 35.8 Å². The van der Waals surface area contributed by atoms with Gasteiger partial charge in [-0.2, -0.15) is 0 Å². The number of aliphatic carboxylic acids is 1. The Kier molecular flexibility index (Phi) is 6.67. The third kappa shape index (κ3) is 5.02. The average molecular weight is 453 g/mol. The van der Waals surface area contributed by atoms with Crippen LogP contribution in [0.15, 0.2) is 46.9 Å². The number of nitrogens with zero attached hydrogens (tertiary/aromatic N) is 1. The number of benzene rings is 2. The number of carboxylic acid groups (broad SMARTS) is 1. The monoisotopic (exact) mass is 452 g/mol. The normalized spacial score (nSPS) is 15.0. The van der Waals surface area contributed by atoms with Crippen LogP contribution in [-0.4, -0.2) is 35.5 Å². The molecule has 1 aliphatic carbocycles. The van der Waals surface area contributed by atoms with Crippen LogP contribution in [0.25, 0.3) is 11.0 Å². The number of hydrogen-bond acceptors (Lipinski definition) is 4. The van der Waals surface area contributed by atoms with Gasteiger partial charge >= 0.3 is 5.97 Å². The third-order valence-corrected chi connectivity index (χ3v) is 6.55. The molecule has 1 aliphatic rings. The average Bonchev–Trinajstić information content (AvgIpc) is 3.44. The summed E-state index contributed by atoms with van der Waals surface area (Å²) in [4.78, 5) is 24.7. The van der Waals surface area contributed by atoms with Gasteiger partial charge in [0.25, 0.3) is 5.91 Å². The molecule has 1 saturated carbocycles. The topological polar surface area (TPSA) is 82.8 Å². The van der Waals surface area contributed by atoms with E-state index in [1.807, 2.05) is 19.1 Å². The third-order valence-electron chi connectivity index (χ3n) is 6.55. The standard InChI is InChI=1S/C26H29FN2O4/c1-16-21-15-19(27)9-12-22(21)33-25(16)24(17-5-3-4-6-17)28-20-10-7-18(8-11-20)26(32)29(2)14-13-23(30)31/h7-12,15,17,24,28H,3-6,13-14H2,1-2H3,(H,30,31).